The Morgan fingerprint density at radius 2 is 1.45 bits per heavy atom. The third-order valence-electron chi connectivity index (χ3n) is 5.87. The molecule has 0 aromatic heterocycles. The highest BCUT2D eigenvalue weighted by molar-refractivity contribution is 5.27. The first-order valence-corrected chi connectivity index (χ1v) is 10.7. The Balaban J connectivity index is 2.29. The van der Waals surface area contributed by atoms with E-state index in [4.69, 9.17) is 0 Å². The van der Waals surface area contributed by atoms with Gasteiger partial charge in [-0.25, -0.2) is 8.78 Å². The number of hydrogen-bond donors (Lipinski definition) is 0. The van der Waals surface area contributed by atoms with E-state index in [2.05, 4.69) is 32.6 Å². The Morgan fingerprint density at radius 3 is 1.90 bits per heavy atom. The standard InChI is InChI=1S/C23H34F5N/c1-16(2)5-11-20(12-6-17(3)4)29-14-13-22(24,25)15-21(29)18-7-9-19(10-8-18)23(26,27)28/h7-10,16-17,20-21H,5-6,11-15H2,1-4H3. The van der Waals surface area contributed by atoms with E-state index in [-0.39, 0.29) is 25.4 Å². The van der Waals surface area contributed by atoms with Crippen LogP contribution in [-0.2, 0) is 6.18 Å². The molecule has 1 heterocycles. The van der Waals surface area contributed by atoms with Gasteiger partial charge in [0, 0.05) is 31.5 Å². The van der Waals surface area contributed by atoms with Crippen molar-refractivity contribution >= 4 is 0 Å². The zero-order chi connectivity index (χ0) is 21.8. The summed E-state index contributed by atoms with van der Waals surface area (Å²) in [6, 6.07) is 4.40. The second kappa shape index (κ2) is 9.76. The summed E-state index contributed by atoms with van der Waals surface area (Å²) in [5.41, 5.74) is -0.192. The van der Waals surface area contributed by atoms with E-state index < -0.39 is 23.7 Å². The SMILES string of the molecule is CC(C)CCC(CCC(C)C)N1CCC(F)(F)CC1c1ccc(C(F)(F)F)cc1. The largest absolute Gasteiger partial charge is 0.416 e. The van der Waals surface area contributed by atoms with Crippen molar-refractivity contribution < 1.29 is 22.0 Å². The molecule has 1 unspecified atom stereocenters. The summed E-state index contributed by atoms with van der Waals surface area (Å²) >= 11 is 0. The summed E-state index contributed by atoms with van der Waals surface area (Å²) in [5, 5.41) is 0. The number of alkyl halides is 5. The molecule has 0 radical (unpaired) electrons. The zero-order valence-corrected chi connectivity index (χ0v) is 17.9. The van der Waals surface area contributed by atoms with Gasteiger partial charge in [-0.15, -0.1) is 0 Å². The fourth-order valence-corrected chi connectivity index (χ4v) is 4.12. The van der Waals surface area contributed by atoms with Crippen molar-refractivity contribution in [3.63, 3.8) is 0 Å². The predicted molar refractivity (Wildman–Crippen MR) is 107 cm³/mol. The topological polar surface area (TPSA) is 3.24 Å². The van der Waals surface area contributed by atoms with E-state index in [9.17, 15) is 22.0 Å². The number of benzene rings is 1. The summed E-state index contributed by atoms with van der Waals surface area (Å²) in [6.07, 6.45) is -1.08. The fourth-order valence-electron chi connectivity index (χ4n) is 4.12. The first kappa shape index (κ1) is 24.1. The lowest BCUT2D eigenvalue weighted by Crippen LogP contribution is -2.47. The lowest BCUT2D eigenvalue weighted by molar-refractivity contribution is -0.137. The maximum absolute atomic E-state index is 14.3. The monoisotopic (exact) mass is 419 g/mol. The maximum atomic E-state index is 14.3. The van der Waals surface area contributed by atoms with Gasteiger partial charge in [0.2, 0.25) is 0 Å². The summed E-state index contributed by atoms with van der Waals surface area (Å²) in [6.45, 7) is 8.88. The molecule has 0 saturated carbocycles. The van der Waals surface area contributed by atoms with Gasteiger partial charge in [-0.3, -0.25) is 4.90 Å². The highest BCUT2D eigenvalue weighted by atomic mass is 19.4. The van der Waals surface area contributed by atoms with Crippen molar-refractivity contribution in [2.45, 2.75) is 90.4 Å². The molecule has 0 spiro atoms. The molecular formula is C23H34F5N. The molecule has 29 heavy (non-hydrogen) atoms. The van der Waals surface area contributed by atoms with Crippen LogP contribution in [0.3, 0.4) is 0 Å². The van der Waals surface area contributed by atoms with Crippen LogP contribution in [0, 0.1) is 11.8 Å². The highest BCUT2D eigenvalue weighted by Gasteiger charge is 2.43. The summed E-state index contributed by atoms with van der Waals surface area (Å²) in [7, 11) is 0. The van der Waals surface area contributed by atoms with E-state index in [0.29, 0.717) is 17.4 Å². The average Bonchev–Trinajstić information content (AvgIpc) is 2.61. The summed E-state index contributed by atoms with van der Waals surface area (Å²) in [4.78, 5) is 2.14. The van der Waals surface area contributed by atoms with E-state index >= 15 is 0 Å². The summed E-state index contributed by atoms with van der Waals surface area (Å²) in [5.74, 6) is -1.75. The van der Waals surface area contributed by atoms with Crippen LogP contribution < -0.4 is 0 Å². The minimum atomic E-state index is -4.42. The second-order valence-electron chi connectivity index (χ2n) is 9.28. The van der Waals surface area contributed by atoms with Gasteiger partial charge in [0.25, 0.3) is 5.92 Å². The third kappa shape index (κ3) is 7.23. The molecule has 1 nitrogen and oxygen atoms in total. The van der Waals surface area contributed by atoms with E-state index in [1.54, 1.807) is 0 Å². The minimum Gasteiger partial charge on any atom is -0.293 e. The van der Waals surface area contributed by atoms with Gasteiger partial charge >= 0.3 is 6.18 Å². The molecule has 1 aromatic rings. The van der Waals surface area contributed by atoms with E-state index in [1.807, 2.05) is 0 Å². The van der Waals surface area contributed by atoms with Crippen molar-refractivity contribution in [2.75, 3.05) is 6.54 Å². The third-order valence-corrected chi connectivity index (χ3v) is 5.87. The molecular weight excluding hydrogens is 385 g/mol. The molecule has 6 heteroatoms. The van der Waals surface area contributed by atoms with Crippen LogP contribution in [-0.4, -0.2) is 23.4 Å². The Kier molecular flexibility index (Phi) is 8.11. The van der Waals surface area contributed by atoms with Crippen LogP contribution in [0.25, 0.3) is 0 Å². The van der Waals surface area contributed by atoms with Crippen LogP contribution >= 0.6 is 0 Å². The number of rotatable bonds is 8. The van der Waals surface area contributed by atoms with Crippen molar-refractivity contribution in [1.82, 2.24) is 4.90 Å². The Labute approximate surface area is 171 Å². The molecule has 1 atom stereocenters. The average molecular weight is 420 g/mol. The maximum Gasteiger partial charge on any atom is 0.416 e. The number of hydrogen-bond acceptors (Lipinski definition) is 1. The number of halogens is 5. The normalized spacial score (nSPS) is 20.8. The van der Waals surface area contributed by atoms with Crippen LogP contribution in [0.15, 0.2) is 24.3 Å². The molecule has 0 N–H and O–H groups in total. The van der Waals surface area contributed by atoms with Gasteiger partial charge in [0.05, 0.1) is 5.56 Å². The zero-order valence-electron chi connectivity index (χ0n) is 17.9. The summed E-state index contributed by atoms with van der Waals surface area (Å²) < 4.78 is 67.3. The minimum absolute atomic E-state index is 0.170. The first-order chi connectivity index (χ1) is 13.4. The smallest absolute Gasteiger partial charge is 0.293 e. The number of piperidine rings is 1. The number of nitrogens with zero attached hydrogens (tertiary/aromatic N) is 1. The molecule has 1 saturated heterocycles. The second-order valence-corrected chi connectivity index (χ2v) is 9.28. The molecule has 166 valence electrons. The lowest BCUT2D eigenvalue weighted by Gasteiger charge is -2.44. The highest BCUT2D eigenvalue weighted by Crippen LogP contribution is 2.43. The Hall–Kier alpha value is -1.17. The van der Waals surface area contributed by atoms with Crippen molar-refractivity contribution in [3.8, 4) is 0 Å². The quantitative estimate of drug-likeness (QED) is 0.390. The Morgan fingerprint density at radius 1 is 0.931 bits per heavy atom. The van der Waals surface area contributed by atoms with Gasteiger partial charge < -0.3 is 0 Å². The van der Waals surface area contributed by atoms with Crippen molar-refractivity contribution in [3.05, 3.63) is 35.4 Å². The molecule has 2 rings (SSSR count). The van der Waals surface area contributed by atoms with Crippen LogP contribution in [0.5, 0.6) is 0 Å². The molecule has 0 aliphatic carbocycles. The van der Waals surface area contributed by atoms with E-state index in [0.717, 1.165) is 37.8 Å². The molecule has 1 aliphatic heterocycles. The molecule has 0 bridgehead atoms. The van der Waals surface area contributed by atoms with Crippen molar-refractivity contribution in [1.29, 1.82) is 0 Å². The first-order valence-electron chi connectivity index (χ1n) is 10.7. The lowest BCUT2D eigenvalue weighted by atomic mass is 9.87. The van der Waals surface area contributed by atoms with Gasteiger partial charge in [-0.1, -0.05) is 39.8 Å². The van der Waals surface area contributed by atoms with Gasteiger partial charge in [0.15, 0.2) is 0 Å². The molecule has 1 aromatic carbocycles. The van der Waals surface area contributed by atoms with Crippen LogP contribution in [0.4, 0.5) is 22.0 Å². The van der Waals surface area contributed by atoms with Crippen molar-refractivity contribution in [2.24, 2.45) is 11.8 Å². The number of likely N-dealkylation sites (tertiary alicyclic amines) is 1. The predicted octanol–water partition coefficient (Wildman–Crippen LogP) is 7.72. The van der Waals surface area contributed by atoms with Crippen LogP contribution in [0.2, 0.25) is 0 Å². The van der Waals surface area contributed by atoms with Crippen LogP contribution in [0.1, 0.15) is 83.4 Å². The van der Waals surface area contributed by atoms with E-state index in [1.165, 1.54) is 12.1 Å². The van der Waals surface area contributed by atoms with Gasteiger partial charge in [-0.05, 0) is 55.2 Å². The fraction of sp³-hybridized carbons (Fsp3) is 0.739. The Bertz CT molecular complexity index is 609. The molecule has 0 amide bonds. The van der Waals surface area contributed by atoms with Gasteiger partial charge in [0.1, 0.15) is 0 Å². The molecule has 1 aliphatic rings. The molecule has 1 fully saturated rings. The van der Waals surface area contributed by atoms with Gasteiger partial charge in [-0.2, -0.15) is 13.2 Å².